The fourth-order valence-corrected chi connectivity index (χ4v) is 1.42. The van der Waals surface area contributed by atoms with Crippen molar-refractivity contribution in [3.05, 3.63) is 34.6 Å². The van der Waals surface area contributed by atoms with Crippen LogP contribution in [-0.2, 0) is 9.53 Å². The van der Waals surface area contributed by atoms with E-state index in [1.54, 1.807) is 7.05 Å². The van der Waals surface area contributed by atoms with Crippen LogP contribution in [0.25, 0.3) is 0 Å². The molecule has 0 aliphatic heterocycles. The second-order valence-electron chi connectivity index (χ2n) is 2.92. The molecule has 15 heavy (non-hydrogen) atoms. The van der Waals surface area contributed by atoms with Gasteiger partial charge in [-0.05, 0) is 24.7 Å². The number of hydrogen-bond acceptors (Lipinski definition) is 3. The molecule has 1 unspecified atom stereocenters. The molecule has 82 valence electrons. The fourth-order valence-electron chi connectivity index (χ4n) is 1.23. The summed E-state index contributed by atoms with van der Waals surface area (Å²) in [5, 5.41) is 2.74. The van der Waals surface area contributed by atoms with Crippen LogP contribution in [0.3, 0.4) is 0 Å². The van der Waals surface area contributed by atoms with E-state index >= 15 is 0 Å². The molecule has 3 nitrogen and oxygen atoms in total. The van der Waals surface area contributed by atoms with E-state index in [9.17, 15) is 9.18 Å². The van der Waals surface area contributed by atoms with E-state index in [1.807, 2.05) is 0 Å². The van der Waals surface area contributed by atoms with Crippen LogP contribution in [0.4, 0.5) is 4.39 Å². The Labute approximate surface area is 92.2 Å². The molecule has 1 aromatic carbocycles. The van der Waals surface area contributed by atoms with Crippen molar-refractivity contribution in [3.8, 4) is 0 Å². The Hall–Kier alpha value is -1.13. The van der Waals surface area contributed by atoms with Crippen molar-refractivity contribution in [2.24, 2.45) is 0 Å². The molecule has 0 aromatic heterocycles. The molecule has 0 spiro atoms. The van der Waals surface area contributed by atoms with Crippen molar-refractivity contribution in [2.45, 2.75) is 6.04 Å². The third kappa shape index (κ3) is 2.67. The van der Waals surface area contributed by atoms with Crippen molar-refractivity contribution in [1.82, 2.24) is 5.32 Å². The van der Waals surface area contributed by atoms with Gasteiger partial charge in [0, 0.05) is 0 Å². The normalized spacial score (nSPS) is 12.3. The SMILES string of the molecule is CNC(C(=O)OC)c1ccc(F)c(Cl)c1. The van der Waals surface area contributed by atoms with Gasteiger partial charge in [-0.15, -0.1) is 0 Å². The molecule has 0 aliphatic carbocycles. The predicted octanol–water partition coefficient (Wildman–Crippen LogP) is 1.91. The van der Waals surface area contributed by atoms with Gasteiger partial charge in [-0.25, -0.2) is 9.18 Å². The van der Waals surface area contributed by atoms with E-state index in [4.69, 9.17) is 11.6 Å². The van der Waals surface area contributed by atoms with Crippen molar-refractivity contribution >= 4 is 17.6 Å². The topological polar surface area (TPSA) is 38.3 Å². The lowest BCUT2D eigenvalue weighted by molar-refractivity contribution is -0.143. The van der Waals surface area contributed by atoms with Gasteiger partial charge in [0.25, 0.3) is 0 Å². The number of methoxy groups -OCH3 is 1. The number of hydrogen-bond donors (Lipinski definition) is 1. The average molecular weight is 232 g/mol. The van der Waals surface area contributed by atoms with E-state index in [2.05, 4.69) is 10.1 Å². The summed E-state index contributed by atoms with van der Waals surface area (Å²) in [5.74, 6) is -0.958. The summed E-state index contributed by atoms with van der Waals surface area (Å²) in [6, 6.07) is 3.47. The lowest BCUT2D eigenvalue weighted by Crippen LogP contribution is -2.26. The van der Waals surface area contributed by atoms with Crippen molar-refractivity contribution in [3.63, 3.8) is 0 Å². The summed E-state index contributed by atoms with van der Waals surface area (Å²) in [6.45, 7) is 0. The summed E-state index contributed by atoms with van der Waals surface area (Å²) in [6.07, 6.45) is 0. The first kappa shape index (κ1) is 11.9. The molecule has 1 N–H and O–H groups in total. The maximum atomic E-state index is 12.9. The number of likely N-dealkylation sites (N-methyl/N-ethyl adjacent to an activating group) is 1. The van der Waals surface area contributed by atoms with Crippen LogP contribution < -0.4 is 5.32 Å². The van der Waals surface area contributed by atoms with Gasteiger partial charge < -0.3 is 10.1 Å². The number of rotatable bonds is 3. The zero-order valence-electron chi connectivity index (χ0n) is 8.38. The van der Waals surface area contributed by atoms with Gasteiger partial charge in [0.05, 0.1) is 12.1 Å². The maximum absolute atomic E-state index is 12.9. The molecule has 1 rings (SSSR count). The highest BCUT2D eigenvalue weighted by Gasteiger charge is 2.19. The Morgan fingerprint density at radius 1 is 1.60 bits per heavy atom. The third-order valence-corrected chi connectivity index (χ3v) is 2.29. The third-order valence-electron chi connectivity index (χ3n) is 2.00. The molecular formula is C10H11ClFNO2. The minimum atomic E-state index is -0.631. The number of halogens is 2. The predicted molar refractivity (Wildman–Crippen MR) is 55.2 cm³/mol. The van der Waals surface area contributed by atoms with Crippen LogP contribution >= 0.6 is 11.6 Å². The minimum Gasteiger partial charge on any atom is -0.468 e. The van der Waals surface area contributed by atoms with Gasteiger partial charge in [-0.2, -0.15) is 0 Å². The lowest BCUT2D eigenvalue weighted by atomic mass is 10.1. The molecule has 0 radical (unpaired) electrons. The highest BCUT2D eigenvalue weighted by Crippen LogP contribution is 2.21. The molecule has 0 aliphatic rings. The first-order valence-corrected chi connectivity index (χ1v) is 4.68. The number of benzene rings is 1. The van der Waals surface area contributed by atoms with E-state index in [0.717, 1.165) is 0 Å². The number of ether oxygens (including phenoxy) is 1. The Morgan fingerprint density at radius 2 is 2.27 bits per heavy atom. The second-order valence-corrected chi connectivity index (χ2v) is 3.33. The van der Waals surface area contributed by atoms with E-state index in [0.29, 0.717) is 5.56 Å². The van der Waals surface area contributed by atoms with Crippen LogP contribution in [0.1, 0.15) is 11.6 Å². The zero-order chi connectivity index (χ0) is 11.4. The molecule has 0 saturated heterocycles. The van der Waals surface area contributed by atoms with E-state index in [-0.39, 0.29) is 5.02 Å². The van der Waals surface area contributed by atoms with Crippen molar-refractivity contribution in [2.75, 3.05) is 14.2 Å². The molecule has 0 saturated carbocycles. The summed E-state index contributed by atoms with van der Waals surface area (Å²) in [5.41, 5.74) is 0.566. The first-order valence-electron chi connectivity index (χ1n) is 4.30. The van der Waals surface area contributed by atoms with Gasteiger partial charge >= 0.3 is 5.97 Å². The van der Waals surface area contributed by atoms with Gasteiger partial charge in [-0.3, -0.25) is 0 Å². The molecular weight excluding hydrogens is 221 g/mol. The Balaban J connectivity index is 3.02. The van der Waals surface area contributed by atoms with Gasteiger partial charge in [0.2, 0.25) is 0 Å². The summed E-state index contributed by atoms with van der Waals surface area (Å²) in [7, 11) is 2.90. The van der Waals surface area contributed by atoms with E-state index in [1.165, 1.54) is 25.3 Å². The Bertz CT molecular complexity index is 370. The van der Waals surface area contributed by atoms with Crippen LogP contribution in [0.5, 0.6) is 0 Å². The summed E-state index contributed by atoms with van der Waals surface area (Å²) < 4.78 is 17.5. The monoisotopic (exact) mass is 231 g/mol. The molecule has 5 heteroatoms. The van der Waals surface area contributed by atoms with Crippen LogP contribution in [0.2, 0.25) is 5.02 Å². The Morgan fingerprint density at radius 3 is 2.73 bits per heavy atom. The Kier molecular flexibility index (Phi) is 4.05. The van der Waals surface area contributed by atoms with Gasteiger partial charge in [0.15, 0.2) is 0 Å². The number of carbonyl (C=O) groups excluding carboxylic acids is 1. The smallest absolute Gasteiger partial charge is 0.327 e. The molecule has 0 bridgehead atoms. The molecule has 1 aromatic rings. The quantitative estimate of drug-likeness (QED) is 0.808. The fraction of sp³-hybridized carbons (Fsp3) is 0.300. The molecule has 0 amide bonds. The molecule has 1 atom stereocenters. The number of esters is 1. The highest BCUT2D eigenvalue weighted by atomic mass is 35.5. The standard InChI is InChI=1S/C10H11ClFNO2/c1-13-9(10(14)15-2)6-3-4-8(12)7(11)5-6/h3-5,9,13H,1-2H3. The lowest BCUT2D eigenvalue weighted by Gasteiger charge is -2.14. The highest BCUT2D eigenvalue weighted by molar-refractivity contribution is 6.30. The maximum Gasteiger partial charge on any atom is 0.327 e. The van der Waals surface area contributed by atoms with Gasteiger partial charge in [0.1, 0.15) is 11.9 Å². The number of carbonyl (C=O) groups is 1. The molecule has 0 fully saturated rings. The average Bonchev–Trinajstić information content (AvgIpc) is 2.24. The summed E-state index contributed by atoms with van der Waals surface area (Å²) >= 11 is 5.61. The van der Waals surface area contributed by atoms with Crippen molar-refractivity contribution in [1.29, 1.82) is 0 Å². The van der Waals surface area contributed by atoms with Crippen LogP contribution in [0, 0.1) is 5.82 Å². The second kappa shape index (κ2) is 5.09. The minimum absolute atomic E-state index is 0.0170. The zero-order valence-corrected chi connectivity index (χ0v) is 9.14. The van der Waals surface area contributed by atoms with Crippen molar-refractivity contribution < 1.29 is 13.9 Å². The first-order chi connectivity index (χ1) is 7.10. The molecule has 0 heterocycles. The number of nitrogens with one attached hydrogen (secondary N) is 1. The van der Waals surface area contributed by atoms with Crippen LogP contribution in [-0.4, -0.2) is 20.1 Å². The summed E-state index contributed by atoms with van der Waals surface area (Å²) in [4.78, 5) is 11.3. The largest absolute Gasteiger partial charge is 0.468 e. The van der Waals surface area contributed by atoms with Crippen LogP contribution in [0.15, 0.2) is 18.2 Å². The van der Waals surface area contributed by atoms with Gasteiger partial charge in [-0.1, -0.05) is 17.7 Å². The van der Waals surface area contributed by atoms with E-state index < -0.39 is 17.8 Å².